The van der Waals surface area contributed by atoms with Crippen LogP contribution in [-0.2, 0) is 6.18 Å². The Morgan fingerprint density at radius 1 is 1.24 bits per heavy atom. The minimum atomic E-state index is -4.49. The molecule has 0 radical (unpaired) electrons. The Labute approximate surface area is 141 Å². The molecule has 8 heteroatoms. The molecular weight excluding hydrogens is 335 g/mol. The number of nitrogens with one attached hydrogen (secondary N) is 1. The number of benzene rings is 1. The summed E-state index contributed by atoms with van der Waals surface area (Å²) in [5.41, 5.74) is -0.426. The first-order chi connectivity index (χ1) is 11.9. The van der Waals surface area contributed by atoms with Crippen LogP contribution in [0, 0.1) is 5.92 Å². The van der Waals surface area contributed by atoms with Crippen LogP contribution in [0.25, 0.3) is 0 Å². The average molecular weight is 351 g/mol. The third-order valence-electron chi connectivity index (χ3n) is 4.30. The molecule has 1 aromatic carbocycles. The summed E-state index contributed by atoms with van der Waals surface area (Å²) in [6.07, 6.45) is -0.448. The third-order valence-corrected chi connectivity index (χ3v) is 4.30. The number of hydrogen-bond acceptors (Lipinski definition) is 3. The fourth-order valence-corrected chi connectivity index (χ4v) is 3.01. The molecule has 132 valence electrons. The maximum atomic E-state index is 12.8. The molecule has 1 fully saturated rings. The number of rotatable bonds is 3. The highest BCUT2D eigenvalue weighted by Crippen LogP contribution is 2.30. The second-order valence-corrected chi connectivity index (χ2v) is 6.02. The standard InChI is InChI=1S/C17H16F3N3O2/c18-17(19,20)14-5-1-3-11(7-14)15(24)12-4-2-6-23(10-12)16(25)13-8-21-22-9-13/h1,3,5,7-9,12H,2,4,6,10H2,(H,21,22). The number of halogens is 3. The molecule has 1 aliphatic rings. The van der Waals surface area contributed by atoms with E-state index in [1.807, 2.05) is 0 Å². The Bertz CT molecular complexity index is 772. The fourth-order valence-electron chi connectivity index (χ4n) is 3.01. The molecular formula is C17H16F3N3O2. The van der Waals surface area contributed by atoms with Crippen LogP contribution in [0.1, 0.15) is 39.1 Å². The fraction of sp³-hybridized carbons (Fsp3) is 0.353. The van der Waals surface area contributed by atoms with Gasteiger partial charge in [-0.15, -0.1) is 0 Å². The number of ketones is 1. The second kappa shape index (κ2) is 6.70. The minimum Gasteiger partial charge on any atom is -0.338 e. The molecule has 2 heterocycles. The molecule has 2 aromatic rings. The van der Waals surface area contributed by atoms with E-state index >= 15 is 0 Å². The van der Waals surface area contributed by atoms with E-state index in [1.54, 1.807) is 4.90 Å². The summed E-state index contributed by atoms with van der Waals surface area (Å²) in [5, 5.41) is 6.29. The van der Waals surface area contributed by atoms with Crippen molar-refractivity contribution in [2.45, 2.75) is 19.0 Å². The number of carbonyl (C=O) groups is 2. The summed E-state index contributed by atoms with van der Waals surface area (Å²) in [4.78, 5) is 26.5. The largest absolute Gasteiger partial charge is 0.416 e. The van der Waals surface area contributed by atoms with E-state index in [0.29, 0.717) is 24.9 Å². The van der Waals surface area contributed by atoms with Crippen LogP contribution < -0.4 is 0 Å². The van der Waals surface area contributed by atoms with Gasteiger partial charge in [0.05, 0.1) is 17.3 Å². The topological polar surface area (TPSA) is 66.1 Å². The van der Waals surface area contributed by atoms with Gasteiger partial charge in [-0.1, -0.05) is 12.1 Å². The highest BCUT2D eigenvalue weighted by Gasteiger charge is 2.33. The predicted octanol–water partition coefficient (Wildman–Crippen LogP) is 3.16. The van der Waals surface area contributed by atoms with Crippen LogP contribution >= 0.6 is 0 Å². The smallest absolute Gasteiger partial charge is 0.338 e. The Hall–Kier alpha value is -2.64. The zero-order valence-electron chi connectivity index (χ0n) is 13.2. The molecule has 0 aliphatic carbocycles. The number of hydrogen-bond donors (Lipinski definition) is 1. The van der Waals surface area contributed by atoms with E-state index in [1.165, 1.54) is 24.5 Å². The number of aromatic amines is 1. The Morgan fingerprint density at radius 2 is 2.04 bits per heavy atom. The lowest BCUT2D eigenvalue weighted by atomic mass is 9.89. The van der Waals surface area contributed by atoms with Gasteiger partial charge in [0, 0.05) is 30.8 Å². The SMILES string of the molecule is O=C(c1cccc(C(F)(F)F)c1)C1CCCN(C(=O)c2cn[nH]c2)C1. The average Bonchev–Trinajstić information content (AvgIpc) is 3.14. The molecule has 0 spiro atoms. The van der Waals surface area contributed by atoms with Crippen molar-refractivity contribution < 1.29 is 22.8 Å². The van der Waals surface area contributed by atoms with Crippen LogP contribution in [0.2, 0.25) is 0 Å². The molecule has 1 atom stereocenters. The first-order valence-corrected chi connectivity index (χ1v) is 7.86. The van der Waals surface area contributed by atoms with E-state index in [2.05, 4.69) is 10.2 Å². The van der Waals surface area contributed by atoms with E-state index in [0.717, 1.165) is 12.1 Å². The van der Waals surface area contributed by atoms with Gasteiger partial charge < -0.3 is 4.90 Å². The number of amides is 1. The van der Waals surface area contributed by atoms with Crippen molar-refractivity contribution in [1.82, 2.24) is 15.1 Å². The molecule has 25 heavy (non-hydrogen) atoms. The molecule has 1 unspecified atom stereocenters. The molecule has 5 nitrogen and oxygen atoms in total. The van der Waals surface area contributed by atoms with Gasteiger partial charge in [0.1, 0.15) is 0 Å². The lowest BCUT2D eigenvalue weighted by Gasteiger charge is -2.31. The summed E-state index contributed by atoms with van der Waals surface area (Å²) >= 11 is 0. The van der Waals surface area contributed by atoms with Gasteiger partial charge in [0.25, 0.3) is 5.91 Å². The number of piperidine rings is 1. The first kappa shape index (κ1) is 17.2. The summed E-state index contributed by atoms with van der Waals surface area (Å²) < 4.78 is 38.5. The molecule has 0 saturated carbocycles. The molecule has 1 amide bonds. The highest BCUT2D eigenvalue weighted by atomic mass is 19.4. The zero-order chi connectivity index (χ0) is 18.0. The van der Waals surface area contributed by atoms with E-state index in [9.17, 15) is 22.8 Å². The first-order valence-electron chi connectivity index (χ1n) is 7.86. The van der Waals surface area contributed by atoms with Gasteiger partial charge in [-0.2, -0.15) is 18.3 Å². The van der Waals surface area contributed by atoms with Crippen LogP contribution in [0.15, 0.2) is 36.7 Å². The van der Waals surface area contributed by atoms with E-state index in [-0.39, 0.29) is 23.8 Å². The van der Waals surface area contributed by atoms with Gasteiger partial charge in [-0.25, -0.2) is 0 Å². The van der Waals surface area contributed by atoms with E-state index in [4.69, 9.17) is 0 Å². The lowest BCUT2D eigenvalue weighted by Crippen LogP contribution is -2.42. The lowest BCUT2D eigenvalue weighted by molar-refractivity contribution is -0.137. The van der Waals surface area contributed by atoms with Crippen molar-refractivity contribution in [1.29, 1.82) is 0 Å². The van der Waals surface area contributed by atoms with Gasteiger partial charge >= 0.3 is 6.18 Å². The van der Waals surface area contributed by atoms with Crippen LogP contribution in [0.4, 0.5) is 13.2 Å². The molecule has 1 aliphatic heterocycles. The Morgan fingerprint density at radius 3 is 2.72 bits per heavy atom. The number of Topliss-reactive ketones (excluding diaryl/α,β-unsaturated/α-hetero) is 1. The molecule has 1 aromatic heterocycles. The van der Waals surface area contributed by atoms with Crippen LogP contribution in [-0.4, -0.2) is 39.9 Å². The summed E-state index contributed by atoms with van der Waals surface area (Å²) in [6.45, 7) is 0.704. The van der Waals surface area contributed by atoms with Crippen molar-refractivity contribution in [2.75, 3.05) is 13.1 Å². The Balaban J connectivity index is 1.75. The molecule has 1 N–H and O–H groups in total. The van der Waals surface area contributed by atoms with Crippen LogP contribution in [0.5, 0.6) is 0 Å². The van der Waals surface area contributed by atoms with Gasteiger partial charge in [-0.3, -0.25) is 14.7 Å². The van der Waals surface area contributed by atoms with Crippen molar-refractivity contribution in [3.63, 3.8) is 0 Å². The quantitative estimate of drug-likeness (QED) is 0.864. The summed E-state index contributed by atoms with van der Waals surface area (Å²) in [6, 6.07) is 4.42. The molecule has 3 rings (SSSR count). The molecule has 1 saturated heterocycles. The number of nitrogens with zero attached hydrogens (tertiary/aromatic N) is 2. The minimum absolute atomic E-state index is 0.0254. The monoisotopic (exact) mass is 351 g/mol. The summed E-state index contributed by atoms with van der Waals surface area (Å²) in [7, 11) is 0. The van der Waals surface area contributed by atoms with E-state index < -0.39 is 17.7 Å². The Kier molecular flexibility index (Phi) is 4.61. The normalized spacial score (nSPS) is 18.2. The second-order valence-electron chi connectivity index (χ2n) is 6.02. The van der Waals surface area contributed by atoms with Gasteiger partial charge in [0.15, 0.2) is 5.78 Å². The highest BCUT2D eigenvalue weighted by molar-refractivity contribution is 5.99. The van der Waals surface area contributed by atoms with Crippen molar-refractivity contribution in [2.24, 2.45) is 5.92 Å². The number of H-pyrrole nitrogens is 1. The zero-order valence-corrected chi connectivity index (χ0v) is 13.2. The van der Waals surface area contributed by atoms with Crippen LogP contribution in [0.3, 0.4) is 0 Å². The van der Waals surface area contributed by atoms with Crippen molar-refractivity contribution >= 4 is 11.7 Å². The maximum absolute atomic E-state index is 12.8. The summed E-state index contributed by atoms with van der Waals surface area (Å²) in [5.74, 6) is -1.11. The molecule has 0 bridgehead atoms. The van der Waals surface area contributed by atoms with Crippen molar-refractivity contribution in [3.8, 4) is 0 Å². The third kappa shape index (κ3) is 3.72. The maximum Gasteiger partial charge on any atom is 0.416 e. The number of alkyl halides is 3. The van der Waals surface area contributed by atoms with Gasteiger partial charge in [0.2, 0.25) is 0 Å². The number of likely N-dealkylation sites (tertiary alicyclic amines) is 1. The number of aromatic nitrogens is 2. The number of carbonyl (C=O) groups excluding carboxylic acids is 2. The predicted molar refractivity (Wildman–Crippen MR) is 83.0 cm³/mol. The van der Waals surface area contributed by atoms with Crippen molar-refractivity contribution in [3.05, 3.63) is 53.3 Å². The van der Waals surface area contributed by atoms with Gasteiger partial charge in [-0.05, 0) is 25.0 Å².